The average molecular weight is 824 g/mol. The summed E-state index contributed by atoms with van der Waals surface area (Å²) in [5.41, 5.74) is 8.27. The monoisotopic (exact) mass is 823 g/mol. The summed E-state index contributed by atoms with van der Waals surface area (Å²) >= 11 is 0. The first-order chi connectivity index (χ1) is 29.6. The smallest absolute Gasteiger partial charge is 0.262 e. The number of anilines is 2. The summed E-state index contributed by atoms with van der Waals surface area (Å²) in [4.78, 5) is 85.1. The minimum absolute atomic E-state index is 0.0698. The third-order valence-electron chi connectivity index (χ3n) is 13.4. The number of carbonyl (C=O) groups excluding carboxylic acids is 5. The number of benzene rings is 2. The summed E-state index contributed by atoms with van der Waals surface area (Å²) in [6.45, 7) is 7.44. The van der Waals surface area contributed by atoms with Crippen LogP contribution in [0.1, 0.15) is 94.9 Å². The van der Waals surface area contributed by atoms with Crippen molar-refractivity contribution in [2.45, 2.75) is 82.5 Å². The number of amides is 5. The minimum atomic E-state index is -1.05. The van der Waals surface area contributed by atoms with Gasteiger partial charge in [0.25, 0.3) is 17.7 Å². The van der Waals surface area contributed by atoms with E-state index in [0.717, 1.165) is 73.9 Å². The first kappa shape index (κ1) is 40.0. The predicted octanol–water partition coefficient (Wildman–Crippen LogP) is 4.53. The van der Waals surface area contributed by atoms with Crippen molar-refractivity contribution >= 4 is 51.9 Å². The van der Waals surface area contributed by atoms with Crippen molar-refractivity contribution < 1.29 is 28.7 Å². The lowest BCUT2D eigenvalue weighted by molar-refractivity contribution is -0.155. The molecule has 3 saturated heterocycles. The van der Waals surface area contributed by atoms with Crippen molar-refractivity contribution in [3.8, 4) is 11.8 Å². The number of imide groups is 2. The maximum atomic E-state index is 14.1. The molecule has 2 aromatic carbocycles. The van der Waals surface area contributed by atoms with Crippen LogP contribution in [-0.4, -0.2) is 118 Å². The van der Waals surface area contributed by atoms with Crippen molar-refractivity contribution in [1.82, 2.24) is 24.7 Å². The second-order valence-corrected chi connectivity index (χ2v) is 17.0. The van der Waals surface area contributed by atoms with Gasteiger partial charge in [0.1, 0.15) is 23.7 Å². The molecule has 5 aliphatic rings. The van der Waals surface area contributed by atoms with E-state index in [-0.39, 0.29) is 42.5 Å². The number of ether oxygens (including phenoxy) is 1. The van der Waals surface area contributed by atoms with Crippen LogP contribution in [0.25, 0.3) is 10.9 Å². The number of nitriles is 1. The molecule has 314 valence electrons. The number of hydrogen-bond acceptors (Lipinski definition) is 12. The summed E-state index contributed by atoms with van der Waals surface area (Å²) in [7, 11) is 0. The number of carbonyl (C=O) groups is 5. The summed E-state index contributed by atoms with van der Waals surface area (Å²) in [5.74, 6) is -0.191. The molecule has 61 heavy (non-hydrogen) atoms. The predicted molar refractivity (Wildman–Crippen MR) is 226 cm³/mol. The highest BCUT2D eigenvalue weighted by Crippen LogP contribution is 2.36. The number of primary amides is 1. The van der Waals surface area contributed by atoms with Gasteiger partial charge in [-0.3, -0.25) is 43.7 Å². The Morgan fingerprint density at radius 2 is 1.64 bits per heavy atom. The Bertz CT molecular complexity index is 2440. The van der Waals surface area contributed by atoms with Gasteiger partial charge in [-0.25, -0.2) is 4.98 Å². The maximum absolute atomic E-state index is 14.1. The Morgan fingerprint density at radius 1 is 0.852 bits per heavy atom. The van der Waals surface area contributed by atoms with Gasteiger partial charge in [0.2, 0.25) is 11.8 Å². The van der Waals surface area contributed by atoms with E-state index >= 15 is 0 Å². The van der Waals surface area contributed by atoms with Gasteiger partial charge in [-0.1, -0.05) is 0 Å². The van der Waals surface area contributed by atoms with Gasteiger partial charge in [-0.2, -0.15) is 5.26 Å². The van der Waals surface area contributed by atoms with Gasteiger partial charge >= 0.3 is 0 Å². The summed E-state index contributed by atoms with van der Waals surface area (Å²) in [5, 5.41) is 10.3. The molecule has 0 bridgehead atoms. The van der Waals surface area contributed by atoms with Crippen LogP contribution in [0.2, 0.25) is 0 Å². The Labute approximate surface area is 354 Å². The van der Waals surface area contributed by atoms with Crippen LogP contribution in [0.5, 0.6) is 5.75 Å². The first-order valence-electron chi connectivity index (χ1n) is 21.4. The Morgan fingerprint density at radius 3 is 2.36 bits per heavy atom. The second kappa shape index (κ2) is 16.6. The number of nitrogens with zero attached hydrogens (tertiary/aromatic N) is 8. The van der Waals surface area contributed by atoms with Crippen molar-refractivity contribution in [1.29, 1.82) is 5.26 Å². The largest absolute Gasteiger partial charge is 0.490 e. The SMILES string of the molecule is C[C@H]1CN(c2ccc3c(c2)C(=O)N([C@H]2CCC(=O)N(C4CCC(Oc5ccc(C#N)c6ncccc56)CC4)C2=O)C3=O)CCN1CC1CCN(c2ccc(C(N)=O)cn2)CC1. The molecule has 4 aliphatic heterocycles. The van der Waals surface area contributed by atoms with E-state index in [0.29, 0.717) is 59.6 Å². The molecule has 15 nitrogen and oxygen atoms in total. The zero-order valence-electron chi connectivity index (χ0n) is 34.2. The fraction of sp³-hybridized carbons (Fsp3) is 0.435. The highest BCUT2D eigenvalue weighted by molar-refractivity contribution is 6.23. The van der Waals surface area contributed by atoms with Crippen LogP contribution in [0.4, 0.5) is 11.5 Å². The van der Waals surface area contributed by atoms with Crippen LogP contribution in [0.15, 0.2) is 67.0 Å². The van der Waals surface area contributed by atoms with Gasteiger partial charge in [0.05, 0.1) is 33.9 Å². The number of hydrogen-bond donors (Lipinski definition) is 1. The van der Waals surface area contributed by atoms with E-state index in [1.165, 1.54) is 11.1 Å². The molecule has 1 aliphatic carbocycles. The highest BCUT2D eigenvalue weighted by atomic mass is 16.5. The number of likely N-dealkylation sites (tertiary alicyclic amines) is 1. The van der Waals surface area contributed by atoms with Gasteiger partial charge in [0, 0.05) is 81.2 Å². The van der Waals surface area contributed by atoms with Crippen LogP contribution in [0.3, 0.4) is 0 Å². The van der Waals surface area contributed by atoms with E-state index in [2.05, 4.69) is 37.7 Å². The summed E-state index contributed by atoms with van der Waals surface area (Å²) in [6, 6.07) is 17.2. The number of piperidine rings is 2. The lowest BCUT2D eigenvalue weighted by Crippen LogP contribution is -2.59. The van der Waals surface area contributed by atoms with E-state index in [1.807, 2.05) is 18.2 Å². The third-order valence-corrected chi connectivity index (χ3v) is 13.4. The Hall–Kier alpha value is -6.40. The quantitative estimate of drug-likeness (QED) is 0.233. The van der Waals surface area contributed by atoms with E-state index in [4.69, 9.17) is 10.5 Å². The minimum Gasteiger partial charge on any atom is -0.490 e. The first-order valence-corrected chi connectivity index (χ1v) is 21.4. The fourth-order valence-corrected chi connectivity index (χ4v) is 9.97. The lowest BCUT2D eigenvalue weighted by atomic mass is 9.89. The number of rotatable bonds is 9. The molecule has 4 aromatic rings. The zero-order valence-corrected chi connectivity index (χ0v) is 34.2. The van der Waals surface area contributed by atoms with Crippen molar-refractivity contribution in [3.05, 3.63) is 89.2 Å². The molecule has 0 radical (unpaired) electrons. The number of pyridine rings is 2. The topological polar surface area (TPSA) is 186 Å². The molecular weight excluding hydrogens is 775 g/mol. The number of aromatic nitrogens is 2. The van der Waals surface area contributed by atoms with Crippen LogP contribution in [0, 0.1) is 17.2 Å². The van der Waals surface area contributed by atoms with E-state index in [1.54, 1.807) is 42.6 Å². The van der Waals surface area contributed by atoms with Gasteiger partial charge in [0.15, 0.2) is 0 Å². The van der Waals surface area contributed by atoms with Crippen LogP contribution < -0.4 is 20.3 Å². The standard InChI is InChI=1S/C46H49N9O6/c1-28-26-53(22-21-52(28)27-29-16-19-51(20-17-29)40-14-5-31(25-50-40)43(48)57)33-8-11-35-37(23-33)45(59)55(44(35)58)38-12-15-41(56)54(46(38)60)32-6-9-34(10-7-32)61-39-13-4-30(24-47)42-36(39)3-2-18-49-42/h2-5,8,11,13-14,18,23,25,28-29,32,34,38H,6-7,9-10,12,15-17,19-22,26-27H2,1H3,(H2,48,57)/t28-,32?,34?,38-/m0/s1. The molecule has 2 atom stereocenters. The van der Waals surface area contributed by atoms with Crippen molar-refractivity contribution in [2.24, 2.45) is 11.7 Å². The molecule has 15 heteroatoms. The van der Waals surface area contributed by atoms with Crippen molar-refractivity contribution in [2.75, 3.05) is 49.1 Å². The molecule has 0 spiro atoms. The molecular formula is C46H49N9O6. The number of fused-ring (bicyclic) bond motifs is 2. The normalized spacial score (nSPS) is 24.0. The van der Waals surface area contributed by atoms with Gasteiger partial charge in [-0.15, -0.1) is 0 Å². The molecule has 5 amide bonds. The summed E-state index contributed by atoms with van der Waals surface area (Å²) in [6.07, 6.45) is 7.56. The maximum Gasteiger partial charge on any atom is 0.262 e. The van der Waals surface area contributed by atoms with Gasteiger partial charge < -0.3 is 20.3 Å². The molecule has 9 rings (SSSR count). The van der Waals surface area contributed by atoms with Crippen molar-refractivity contribution in [3.63, 3.8) is 0 Å². The molecule has 6 heterocycles. The Balaban J connectivity index is 0.794. The molecule has 2 N–H and O–H groups in total. The zero-order chi connectivity index (χ0) is 42.4. The molecule has 1 saturated carbocycles. The third kappa shape index (κ3) is 7.65. The highest BCUT2D eigenvalue weighted by Gasteiger charge is 2.49. The molecule has 0 unspecified atom stereocenters. The van der Waals surface area contributed by atoms with E-state index in [9.17, 15) is 29.2 Å². The Kier molecular flexibility index (Phi) is 10.9. The molecule has 4 fully saturated rings. The van der Waals surface area contributed by atoms with E-state index < -0.39 is 29.7 Å². The fourth-order valence-electron chi connectivity index (χ4n) is 9.97. The number of piperazine rings is 1. The van der Waals surface area contributed by atoms with Gasteiger partial charge in [-0.05, 0) is 112 Å². The average Bonchev–Trinajstić information content (AvgIpc) is 3.53. The molecule has 2 aromatic heterocycles. The second-order valence-electron chi connectivity index (χ2n) is 17.0. The number of nitrogens with two attached hydrogens (primary N) is 1. The van der Waals surface area contributed by atoms with Crippen LogP contribution >= 0.6 is 0 Å². The van der Waals surface area contributed by atoms with Crippen LogP contribution in [-0.2, 0) is 9.59 Å². The summed E-state index contributed by atoms with van der Waals surface area (Å²) < 4.78 is 6.39. The lowest BCUT2D eigenvalue weighted by Gasteiger charge is -2.43.